The van der Waals surface area contributed by atoms with Crippen LogP contribution in [0.3, 0.4) is 0 Å². The third-order valence-corrected chi connectivity index (χ3v) is 7.99. The van der Waals surface area contributed by atoms with Gasteiger partial charge in [0.25, 0.3) is 0 Å². The second-order valence-electron chi connectivity index (χ2n) is 7.83. The number of β-lactam (4-membered cyclic amide) rings is 1. The average molecular weight is 495 g/mol. The van der Waals surface area contributed by atoms with Crippen molar-refractivity contribution in [2.24, 2.45) is 12.8 Å². The Kier molecular flexibility index (Phi) is 6.40. The van der Waals surface area contributed by atoms with Crippen LogP contribution in [0.2, 0.25) is 0 Å². The van der Waals surface area contributed by atoms with Crippen LogP contribution in [0, 0.1) is 0 Å². The van der Waals surface area contributed by atoms with Gasteiger partial charge in [0.2, 0.25) is 11.1 Å². The fourth-order valence-corrected chi connectivity index (χ4v) is 6.22. The minimum atomic E-state index is -0.625. The molecule has 34 heavy (non-hydrogen) atoms. The quantitative estimate of drug-likeness (QED) is 0.300. The number of rotatable bonds is 7. The molecule has 1 fully saturated rings. The van der Waals surface area contributed by atoms with Gasteiger partial charge in [0, 0.05) is 12.8 Å². The summed E-state index contributed by atoms with van der Waals surface area (Å²) < 4.78 is 7.64. The Morgan fingerprint density at radius 3 is 2.38 bits per heavy atom. The lowest BCUT2D eigenvalue weighted by atomic mass is 10.0. The number of ether oxygens (including phenoxy) is 1. The summed E-state index contributed by atoms with van der Waals surface area (Å²) in [5.41, 5.74) is 8.99. The van der Waals surface area contributed by atoms with E-state index in [1.165, 1.54) is 28.4 Å². The van der Waals surface area contributed by atoms with Crippen LogP contribution >= 0.6 is 23.5 Å². The first-order chi connectivity index (χ1) is 16.5. The number of aryl methyl sites for hydroxylation is 1. The Hall–Kier alpha value is -3.15. The number of carbonyl (C=O) groups is 2. The molecular formula is C23H22N6O3S2. The van der Waals surface area contributed by atoms with E-state index < -0.39 is 17.4 Å². The van der Waals surface area contributed by atoms with E-state index in [1.807, 2.05) is 60.7 Å². The van der Waals surface area contributed by atoms with E-state index in [-0.39, 0.29) is 17.0 Å². The molecule has 2 aromatic carbocycles. The van der Waals surface area contributed by atoms with Crippen molar-refractivity contribution in [3.8, 4) is 0 Å². The maximum Gasteiger partial charge on any atom is 0.356 e. The zero-order chi connectivity index (χ0) is 23.7. The number of benzene rings is 2. The molecular weight excluding hydrogens is 472 g/mol. The predicted octanol–water partition coefficient (Wildman–Crippen LogP) is 2.48. The highest BCUT2D eigenvalue weighted by Crippen LogP contribution is 2.44. The summed E-state index contributed by atoms with van der Waals surface area (Å²) in [5, 5.41) is 11.4. The second kappa shape index (κ2) is 9.61. The Balaban J connectivity index is 1.49. The van der Waals surface area contributed by atoms with Gasteiger partial charge in [-0.2, -0.15) is 0 Å². The lowest BCUT2D eigenvalue weighted by Gasteiger charge is -2.46. The standard InChI is InChI=1S/C23H22N6O3S2/c1-28-23(25-26-27-28)33-13-16-19(29-17(30)12-18(29)34-21(16)24)22(31)32-20(14-8-4-2-5-9-14)15-10-6-3-7-11-15/h2-11,18,20-21H,12-13,24H2,1H3/t18-,21?/m1/s1. The molecule has 11 heteroatoms. The van der Waals surface area contributed by atoms with Gasteiger partial charge in [-0.3, -0.25) is 9.69 Å². The fourth-order valence-electron chi connectivity index (χ4n) is 3.92. The molecule has 0 radical (unpaired) electrons. The average Bonchev–Trinajstić information content (AvgIpc) is 3.26. The number of fused-ring (bicyclic) bond motifs is 1. The van der Waals surface area contributed by atoms with Crippen molar-refractivity contribution in [2.75, 3.05) is 5.75 Å². The van der Waals surface area contributed by atoms with E-state index in [1.54, 1.807) is 11.7 Å². The predicted molar refractivity (Wildman–Crippen MR) is 128 cm³/mol. The molecule has 2 N–H and O–H groups in total. The molecule has 9 nitrogen and oxygen atoms in total. The highest BCUT2D eigenvalue weighted by Gasteiger charge is 2.48. The highest BCUT2D eigenvalue weighted by atomic mass is 32.2. The molecule has 1 saturated heterocycles. The normalized spacial score (nSPS) is 19.7. The van der Waals surface area contributed by atoms with Crippen molar-refractivity contribution in [3.63, 3.8) is 0 Å². The first-order valence-electron chi connectivity index (χ1n) is 10.6. The van der Waals surface area contributed by atoms with Crippen LogP contribution in [0.1, 0.15) is 23.7 Å². The number of esters is 1. The van der Waals surface area contributed by atoms with Gasteiger partial charge in [0.1, 0.15) is 5.70 Å². The van der Waals surface area contributed by atoms with Crippen LogP contribution in [0.4, 0.5) is 0 Å². The van der Waals surface area contributed by atoms with Crippen LogP contribution in [0.25, 0.3) is 0 Å². The lowest BCUT2D eigenvalue weighted by Crippen LogP contribution is -2.56. The van der Waals surface area contributed by atoms with Gasteiger partial charge in [0.15, 0.2) is 6.10 Å². The molecule has 2 aliphatic rings. The number of thioether (sulfide) groups is 2. The zero-order valence-electron chi connectivity index (χ0n) is 18.3. The zero-order valence-corrected chi connectivity index (χ0v) is 19.9. The van der Waals surface area contributed by atoms with Crippen molar-refractivity contribution in [3.05, 3.63) is 83.1 Å². The number of aromatic nitrogens is 4. The van der Waals surface area contributed by atoms with Crippen molar-refractivity contribution in [1.29, 1.82) is 0 Å². The molecule has 1 unspecified atom stereocenters. The molecule has 5 rings (SSSR count). The van der Waals surface area contributed by atoms with E-state index in [0.717, 1.165) is 11.1 Å². The summed E-state index contributed by atoms with van der Waals surface area (Å²) in [7, 11) is 1.74. The van der Waals surface area contributed by atoms with Crippen LogP contribution in [0.15, 0.2) is 77.1 Å². The van der Waals surface area contributed by atoms with Gasteiger partial charge in [-0.1, -0.05) is 72.4 Å². The van der Waals surface area contributed by atoms with Crippen LogP contribution in [-0.4, -0.2) is 53.5 Å². The Morgan fingerprint density at radius 2 is 1.82 bits per heavy atom. The lowest BCUT2D eigenvalue weighted by molar-refractivity contribution is -0.151. The molecule has 0 spiro atoms. The monoisotopic (exact) mass is 494 g/mol. The second-order valence-corrected chi connectivity index (χ2v) is 10.1. The van der Waals surface area contributed by atoms with Gasteiger partial charge in [-0.25, -0.2) is 9.48 Å². The van der Waals surface area contributed by atoms with Gasteiger partial charge >= 0.3 is 5.97 Å². The third-order valence-electron chi connectivity index (χ3n) is 5.66. The van der Waals surface area contributed by atoms with E-state index >= 15 is 0 Å². The summed E-state index contributed by atoms with van der Waals surface area (Å²) >= 11 is 2.82. The van der Waals surface area contributed by atoms with Crippen molar-refractivity contribution in [1.82, 2.24) is 25.1 Å². The van der Waals surface area contributed by atoms with Gasteiger partial charge in [0.05, 0.1) is 17.2 Å². The molecule has 2 atom stereocenters. The Morgan fingerprint density at radius 1 is 1.18 bits per heavy atom. The van der Waals surface area contributed by atoms with Crippen LogP contribution < -0.4 is 5.73 Å². The molecule has 2 aliphatic heterocycles. The first-order valence-corrected chi connectivity index (χ1v) is 12.6. The third kappa shape index (κ3) is 4.33. The minimum Gasteiger partial charge on any atom is -0.448 e. The number of nitrogens with two attached hydrogens (primary N) is 1. The summed E-state index contributed by atoms with van der Waals surface area (Å²) in [5.74, 6) is -0.335. The number of amides is 1. The molecule has 3 aromatic rings. The minimum absolute atomic E-state index is 0.116. The molecule has 1 aromatic heterocycles. The fraction of sp³-hybridized carbons (Fsp3) is 0.261. The van der Waals surface area contributed by atoms with Crippen molar-refractivity contribution < 1.29 is 14.3 Å². The van der Waals surface area contributed by atoms with Crippen molar-refractivity contribution in [2.45, 2.75) is 28.4 Å². The molecule has 1 amide bonds. The number of tetrazole rings is 1. The maximum absolute atomic E-state index is 13.7. The van der Waals surface area contributed by atoms with Gasteiger partial charge in [-0.05, 0) is 27.1 Å². The largest absolute Gasteiger partial charge is 0.448 e. The summed E-state index contributed by atoms with van der Waals surface area (Å²) in [4.78, 5) is 27.7. The number of nitrogens with zero attached hydrogens (tertiary/aromatic N) is 5. The first kappa shape index (κ1) is 22.6. The molecule has 0 bridgehead atoms. The topological polar surface area (TPSA) is 116 Å². The SMILES string of the molecule is Cn1nnnc1SCC1=C(C(=O)OC(c2ccccc2)c2ccccc2)N2C(=O)C[C@H]2SC1N. The molecule has 174 valence electrons. The molecule has 3 heterocycles. The maximum atomic E-state index is 13.7. The Labute approximate surface area is 204 Å². The summed E-state index contributed by atoms with van der Waals surface area (Å²) in [6.07, 6.45) is -0.274. The van der Waals surface area contributed by atoms with Crippen molar-refractivity contribution >= 4 is 35.4 Å². The van der Waals surface area contributed by atoms with E-state index in [4.69, 9.17) is 10.5 Å². The highest BCUT2D eigenvalue weighted by molar-refractivity contribution is 8.01. The number of carbonyl (C=O) groups excluding carboxylic acids is 2. The Bertz CT molecular complexity index is 1190. The van der Waals surface area contributed by atoms with Crippen LogP contribution in [0.5, 0.6) is 0 Å². The number of hydrogen-bond acceptors (Lipinski definition) is 9. The summed E-state index contributed by atoms with van der Waals surface area (Å²) in [6, 6.07) is 19.1. The smallest absolute Gasteiger partial charge is 0.356 e. The van der Waals surface area contributed by atoms with E-state index in [9.17, 15) is 9.59 Å². The van der Waals surface area contributed by atoms with Crippen LogP contribution in [-0.2, 0) is 21.4 Å². The van der Waals surface area contributed by atoms with E-state index in [0.29, 0.717) is 22.9 Å². The summed E-state index contributed by atoms with van der Waals surface area (Å²) in [6.45, 7) is 0. The van der Waals surface area contributed by atoms with Gasteiger partial charge in [-0.15, -0.1) is 16.9 Å². The molecule has 0 aliphatic carbocycles. The number of hydrogen-bond donors (Lipinski definition) is 1. The van der Waals surface area contributed by atoms with E-state index in [2.05, 4.69) is 15.5 Å². The van der Waals surface area contributed by atoms with Gasteiger partial charge < -0.3 is 10.5 Å². The molecule has 0 saturated carbocycles.